The number of aromatic nitrogens is 1. The van der Waals surface area contributed by atoms with Crippen LogP contribution in [0.1, 0.15) is 33.2 Å². The maximum absolute atomic E-state index is 12.0. The number of ether oxygens (including phenoxy) is 1. The summed E-state index contributed by atoms with van der Waals surface area (Å²) >= 11 is 1.26. The van der Waals surface area contributed by atoms with Gasteiger partial charge < -0.3 is 15.2 Å². The molecule has 0 spiro atoms. The number of hydrogen-bond acceptors (Lipinski definition) is 5. The summed E-state index contributed by atoms with van der Waals surface area (Å²) in [7, 11) is 1.55. The maximum Gasteiger partial charge on any atom is 0.326 e. The second-order valence-corrected chi connectivity index (χ2v) is 5.35. The number of carbonyl (C=O) groups is 2. The molecular formula is C12H18N2O4S. The largest absolute Gasteiger partial charge is 0.480 e. The average molecular weight is 286 g/mol. The second kappa shape index (κ2) is 7.20. The zero-order chi connectivity index (χ0) is 14.4. The van der Waals surface area contributed by atoms with Crippen molar-refractivity contribution in [2.45, 2.75) is 32.7 Å². The Morgan fingerprint density at radius 3 is 2.63 bits per heavy atom. The molecule has 6 nitrogen and oxygen atoms in total. The smallest absolute Gasteiger partial charge is 0.326 e. The number of carbonyl (C=O) groups excluding carboxylic acids is 1. The van der Waals surface area contributed by atoms with Crippen LogP contribution in [-0.2, 0) is 9.53 Å². The summed E-state index contributed by atoms with van der Waals surface area (Å²) in [6, 6.07) is -0.899. The number of methoxy groups -OCH3 is 1. The molecule has 0 radical (unpaired) electrons. The average Bonchev–Trinajstić information content (AvgIpc) is 2.67. The van der Waals surface area contributed by atoms with Crippen LogP contribution in [0.3, 0.4) is 0 Å². The SMILES string of the molecule is COCCCC(NC(=O)c1sc(C)nc1C)C(=O)O. The molecule has 0 aromatic carbocycles. The molecule has 0 saturated heterocycles. The first-order valence-electron chi connectivity index (χ1n) is 5.92. The normalized spacial score (nSPS) is 12.2. The van der Waals surface area contributed by atoms with Gasteiger partial charge in [0.05, 0.1) is 10.7 Å². The summed E-state index contributed by atoms with van der Waals surface area (Å²) in [5, 5.41) is 12.4. The van der Waals surface area contributed by atoms with Crippen LogP contribution in [0.5, 0.6) is 0 Å². The number of amides is 1. The van der Waals surface area contributed by atoms with E-state index in [1.807, 2.05) is 6.92 Å². The molecular weight excluding hydrogens is 268 g/mol. The molecule has 19 heavy (non-hydrogen) atoms. The number of carboxylic acids is 1. The highest BCUT2D eigenvalue weighted by Gasteiger charge is 2.22. The fourth-order valence-corrected chi connectivity index (χ4v) is 2.48. The third-order valence-electron chi connectivity index (χ3n) is 2.55. The van der Waals surface area contributed by atoms with Gasteiger partial charge in [0.15, 0.2) is 0 Å². The van der Waals surface area contributed by atoms with E-state index in [1.165, 1.54) is 11.3 Å². The fourth-order valence-electron chi connectivity index (χ4n) is 1.65. The number of nitrogens with one attached hydrogen (secondary N) is 1. The predicted molar refractivity (Wildman–Crippen MR) is 71.6 cm³/mol. The van der Waals surface area contributed by atoms with Gasteiger partial charge in [-0.25, -0.2) is 9.78 Å². The van der Waals surface area contributed by atoms with Crippen molar-refractivity contribution in [1.82, 2.24) is 10.3 Å². The quantitative estimate of drug-likeness (QED) is 0.739. The predicted octanol–water partition coefficient (Wildman–Crippen LogP) is 1.37. The highest BCUT2D eigenvalue weighted by molar-refractivity contribution is 7.13. The molecule has 1 aromatic rings. The van der Waals surface area contributed by atoms with E-state index in [1.54, 1.807) is 14.0 Å². The lowest BCUT2D eigenvalue weighted by atomic mass is 10.1. The van der Waals surface area contributed by atoms with Crippen molar-refractivity contribution in [3.05, 3.63) is 15.6 Å². The Labute approximate surface area is 115 Å². The van der Waals surface area contributed by atoms with E-state index in [0.717, 1.165) is 5.01 Å². The summed E-state index contributed by atoms with van der Waals surface area (Å²) in [6.45, 7) is 4.01. The zero-order valence-corrected chi connectivity index (χ0v) is 12.0. The molecule has 0 aliphatic rings. The molecule has 0 aliphatic carbocycles. The van der Waals surface area contributed by atoms with E-state index in [2.05, 4.69) is 10.3 Å². The molecule has 1 heterocycles. The Morgan fingerprint density at radius 1 is 1.47 bits per heavy atom. The van der Waals surface area contributed by atoms with Gasteiger partial charge in [0, 0.05) is 13.7 Å². The van der Waals surface area contributed by atoms with Crippen molar-refractivity contribution in [3.8, 4) is 0 Å². The third-order valence-corrected chi connectivity index (χ3v) is 3.63. The second-order valence-electron chi connectivity index (χ2n) is 4.15. The molecule has 0 aliphatic heterocycles. The molecule has 106 valence electrons. The van der Waals surface area contributed by atoms with Crippen molar-refractivity contribution in [3.63, 3.8) is 0 Å². The molecule has 7 heteroatoms. The Hall–Kier alpha value is -1.47. The van der Waals surface area contributed by atoms with E-state index < -0.39 is 12.0 Å². The van der Waals surface area contributed by atoms with Gasteiger partial charge in [0.25, 0.3) is 5.91 Å². The van der Waals surface area contributed by atoms with Crippen molar-refractivity contribution in [1.29, 1.82) is 0 Å². The highest BCUT2D eigenvalue weighted by atomic mass is 32.1. The van der Waals surface area contributed by atoms with E-state index in [-0.39, 0.29) is 5.91 Å². The van der Waals surface area contributed by atoms with Crippen molar-refractivity contribution >= 4 is 23.2 Å². The lowest BCUT2D eigenvalue weighted by Gasteiger charge is -2.13. The molecule has 1 unspecified atom stereocenters. The number of carboxylic acid groups (broad SMARTS) is 1. The maximum atomic E-state index is 12.0. The topological polar surface area (TPSA) is 88.5 Å². The van der Waals surface area contributed by atoms with E-state index in [0.29, 0.717) is 30.0 Å². The van der Waals surface area contributed by atoms with Crippen molar-refractivity contribution in [2.75, 3.05) is 13.7 Å². The van der Waals surface area contributed by atoms with Gasteiger partial charge in [0.1, 0.15) is 10.9 Å². The Morgan fingerprint density at radius 2 is 2.16 bits per heavy atom. The Bertz CT molecular complexity index is 459. The van der Waals surface area contributed by atoms with Crippen LogP contribution in [0.2, 0.25) is 0 Å². The standard InChI is InChI=1S/C12H18N2O4S/c1-7-10(19-8(2)13-7)11(15)14-9(12(16)17)5-4-6-18-3/h9H,4-6H2,1-3H3,(H,14,15)(H,16,17). The lowest BCUT2D eigenvalue weighted by Crippen LogP contribution is -2.40. The lowest BCUT2D eigenvalue weighted by molar-refractivity contribution is -0.139. The van der Waals surface area contributed by atoms with Crippen molar-refractivity contribution in [2.24, 2.45) is 0 Å². The van der Waals surface area contributed by atoms with E-state index in [4.69, 9.17) is 9.84 Å². The number of hydrogen-bond donors (Lipinski definition) is 2. The molecule has 0 saturated carbocycles. The minimum Gasteiger partial charge on any atom is -0.480 e. The number of rotatable bonds is 7. The Balaban J connectivity index is 2.66. The first-order chi connectivity index (χ1) is 8.95. The number of aryl methyl sites for hydroxylation is 2. The molecule has 0 bridgehead atoms. The summed E-state index contributed by atoms with van der Waals surface area (Å²) < 4.78 is 4.87. The van der Waals surface area contributed by atoms with Gasteiger partial charge >= 0.3 is 5.97 Å². The summed E-state index contributed by atoms with van der Waals surface area (Å²) in [4.78, 5) is 27.7. The monoisotopic (exact) mass is 286 g/mol. The van der Waals surface area contributed by atoms with Gasteiger partial charge in [-0.05, 0) is 26.7 Å². The van der Waals surface area contributed by atoms with Crippen LogP contribution >= 0.6 is 11.3 Å². The number of aliphatic carboxylic acids is 1. The van der Waals surface area contributed by atoms with Gasteiger partial charge in [0.2, 0.25) is 0 Å². The zero-order valence-electron chi connectivity index (χ0n) is 11.2. The van der Waals surface area contributed by atoms with Gasteiger partial charge in [-0.15, -0.1) is 11.3 Å². The van der Waals surface area contributed by atoms with Crippen LogP contribution in [0.15, 0.2) is 0 Å². The summed E-state index contributed by atoms with van der Waals surface area (Å²) in [6.07, 6.45) is 0.917. The molecule has 1 rings (SSSR count). The van der Waals surface area contributed by atoms with Crippen LogP contribution < -0.4 is 5.32 Å². The van der Waals surface area contributed by atoms with Gasteiger partial charge in [-0.2, -0.15) is 0 Å². The van der Waals surface area contributed by atoms with Crippen LogP contribution in [0, 0.1) is 13.8 Å². The first-order valence-corrected chi connectivity index (χ1v) is 6.74. The molecule has 2 N–H and O–H groups in total. The van der Waals surface area contributed by atoms with E-state index >= 15 is 0 Å². The minimum atomic E-state index is -1.04. The Kier molecular flexibility index (Phi) is 5.91. The van der Waals surface area contributed by atoms with E-state index in [9.17, 15) is 9.59 Å². The molecule has 1 amide bonds. The van der Waals surface area contributed by atoms with Crippen LogP contribution in [-0.4, -0.2) is 41.7 Å². The highest BCUT2D eigenvalue weighted by Crippen LogP contribution is 2.17. The third kappa shape index (κ3) is 4.60. The minimum absolute atomic E-state index is 0.339. The van der Waals surface area contributed by atoms with Crippen molar-refractivity contribution < 1.29 is 19.4 Å². The van der Waals surface area contributed by atoms with Crippen LogP contribution in [0.4, 0.5) is 0 Å². The van der Waals surface area contributed by atoms with Gasteiger partial charge in [-0.3, -0.25) is 4.79 Å². The van der Waals surface area contributed by atoms with Gasteiger partial charge in [-0.1, -0.05) is 0 Å². The number of nitrogens with zero attached hydrogens (tertiary/aromatic N) is 1. The first kappa shape index (κ1) is 15.6. The molecule has 0 fully saturated rings. The fraction of sp³-hybridized carbons (Fsp3) is 0.583. The number of thiazole rings is 1. The van der Waals surface area contributed by atoms with Crippen LogP contribution in [0.25, 0.3) is 0 Å². The molecule has 1 atom stereocenters. The summed E-state index contributed by atoms with van der Waals surface area (Å²) in [5.74, 6) is -1.42. The molecule has 1 aromatic heterocycles. The summed E-state index contributed by atoms with van der Waals surface area (Å²) in [5.41, 5.74) is 0.626.